The molecule has 0 aliphatic carbocycles. The van der Waals surface area contributed by atoms with Gasteiger partial charge in [-0.1, -0.05) is 43.3 Å². The number of phenols is 1. The fraction of sp³-hybridized carbons (Fsp3) is 0.314. The molecule has 3 N–H and O–H groups in total. The van der Waals surface area contributed by atoms with Gasteiger partial charge in [-0.3, -0.25) is 4.79 Å². The number of likely N-dealkylation sites (N-methyl/N-ethyl adjacent to an activating group) is 1. The summed E-state index contributed by atoms with van der Waals surface area (Å²) in [5, 5.41) is 13.8. The maximum Gasteiger partial charge on any atom is 0.257 e. The number of H-pyrrole nitrogens is 1. The van der Waals surface area contributed by atoms with Crippen LogP contribution in [0.2, 0.25) is 0 Å². The second-order valence-corrected chi connectivity index (χ2v) is 11.0. The van der Waals surface area contributed by atoms with Crippen molar-refractivity contribution in [2.75, 3.05) is 52.2 Å². The highest BCUT2D eigenvalue weighted by Crippen LogP contribution is 2.34. The largest absolute Gasteiger partial charge is 0.507 e. The molecule has 0 spiro atoms. The van der Waals surface area contributed by atoms with Crippen molar-refractivity contribution in [3.63, 3.8) is 0 Å². The van der Waals surface area contributed by atoms with Crippen molar-refractivity contribution in [3.05, 3.63) is 95.3 Å². The van der Waals surface area contributed by atoms with Crippen LogP contribution < -0.4 is 5.32 Å². The summed E-state index contributed by atoms with van der Waals surface area (Å²) in [5.74, 6) is 1.12. The van der Waals surface area contributed by atoms with Crippen LogP contribution in [0, 0.1) is 0 Å². The zero-order chi connectivity index (χ0) is 30.3. The number of imidazole rings is 1. The minimum absolute atomic E-state index is 0.0930. The number of carbonyl (C=O) groups is 1. The predicted molar refractivity (Wildman–Crippen MR) is 174 cm³/mol. The first-order valence-corrected chi connectivity index (χ1v) is 14.9. The van der Waals surface area contributed by atoms with Crippen LogP contribution in [0.4, 0.5) is 5.69 Å². The highest BCUT2D eigenvalue weighted by atomic mass is 16.5. The first-order valence-electron chi connectivity index (χ1n) is 14.9. The molecule has 1 aliphatic rings. The topological polar surface area (TPSA) is 93.7 Å². The minimum Gasteiger partial charge on any atom is -0.507 e. The molecule has 3 aromatic carbocycles. The molecule has 2 heterocycles. The summed E-state index contributed by atoms with van der Waals surface area (Å²) >= 11 is 0. The van der Waals surface area contributed by atoms with Crippen molar-refractivity contribution < 1.29 is 14.6 Å². The Hall–Kier alpha value is -4.40. The lowest BCUT2D eigenvalue weighted by Gasteiger charge is -2.32. The van der Waals surface area contributed by atoms with Gasteiger partial charge in [0, 0.05) is 44.0 Å². The Balaban J connectivity index is 1.34. The van der Waals surface area contributed by atoms with Crippen LogP contribution in [0.3, 0.4) is 0 Å². The summed E-state index contributed by atoms with van der Waals surface area (Å²) in [6.45, 7) is 9.48. The number of methoxy groups -OCH3 is 1. The molecule has 0 bridgehead atoms. The monoisotopic (exact) mass is 579 g/mol. The Kier molecular flexibility index (Phi) is 9.59. The fourth-order valence-electron chi connectivity index (χ4n) is 5.32. The van der Waals surface area contributed by atoms with Crippen molar-refractivity contribution in [1.29, 1.82) is 0 Å². The van der Waals surface area contributed by atoms with E-state index in [-0.39, 0.29) is 11.7 Å². The quantitative estimate of drug-likeness (QED) is 0.150. The number of carbonyl (C=O) groups excluding carboxylic acids is 1. The van der Waals surface area contributed by atoms with Crippen LogP contribution in [-0.2, 0) is 11.2 Å². The van der Waals surface area contributed by atoms with Gasteiger partial charge in [-0.2, -0.15) is 0 Å². The standard InChI is InChI=1S/C35H41N5O3/c1-5-6-8-28(24(2)43-4)26-13-16-32(41)30(23-26)34-37-31-10-7-9-29(33(31)38-34)35(42)36-27-14-11-25(12-15-27)17-18-40-21-19-39(3)20-22-40/h6-16,23,41H,5,17-22H2,1-4H3,(H,36,42)(H,37,38)/b8-6-,28-24-. The molecule has 0 atom stereocenters. The van der Waals surface area contributed by atoms with Crippen LogP contribution in [0.15, 0.2) is 78.6 Å². The normalized spacial score (nSPS) is 15.2. The van der Waals surface area contributed by atoms with E-state index in [9.17, 15) is 9.90 Å². The van der Waals surface area contributed by atoms with E-state index in [0.717, 1.165) is 68.1 Å². The molecule has 1 aliphatic heterocycles. The van der Waals surface area contributed by atoms with Gasteiger partial charge in [-0.15, -0.1) is 0 Å². The van der Waals surface area contributed by atoms with Crippen LogP contribution >= 0.6 is 0 Å². The van der Waals surface area contributed by atoms with E-state index in [0.29, 0.717) is 28.0 Å². The van der Waals surface area contributed by atoms with Gasteiger partial charge < -0.3 is 29.9 Å². The smallest absolute Gasteiger partial charge is 0.257 e. The lowest BCUT2D eigenvalue weighted by atomic mass is 10.0. The average molecular weight is 580 g/mol. The van der Waals surface area contributed by atoms with E-state index in [1.807, 2.05) is 49.4 Å². The first-order chi connectivity index (χ1) is 20.9. The number of hydrogen-bond donors (Lipinski definition) is 3. The number of phenolic OH excluding ortho intramolecular Hbond substituents is 1. The summed E-state index contributed by atoms with van der Waals surface area (Å²) in [5.41, 5.74) is 6.08. The van der Waals surface area contributed by atoms with E-state index in [2.05, 4.69) is 52.3 Å². The lowest BCUT2D eigenvalue weighted by Crippen LogP contribution is -2.45. The number of benzene rings is 3. The maximum atomic E-state index is 13.4. The fourth-order valence-corrected chi connectivity index (χ4v) is 5.32. The Morgan fingerprint density at radius 2 is 1.86 bits per heavy atom. The third-order valence-corrected chi connectivity index (χ3v) is 8.06. The number of para-hydroxylation sites is 1. The van der Waals surface area contributed by atoms with Crippen LogP contribution in [0.25, 0.3) is 28.0 Å². The molecule has 4 aromatic rings. The third kappa shape index (κ3) is 7.16. The molecule has 0 saturated carbocycles. The Bertz CT molecular complexity index is 1630. The van der Waals surface area contributed by atoms with Gasteiger partial charge in [0.05, 0.1) is 29.3 Å². The predicted octanol–water partition coefficient (Wildman–Crippen LogP) is 6.32. The molecule has 224 valence electrons. The average Bonchev–Trinajstić information content (AvgIpc) is 3.46. The number of ether oxygens (including phenoxy) is 1. The summed E-state index contributed by atoms with van der Waals surface area (Å²) in [4.78, 5) is 26.3. The van der Waals surface area contributed by atoms with Gasteiger partial charge >= 0.3 is 0 Å². The number of nitrogens with zero attached hydrogens (tertiary/aromatic N) is 3. The molecule has 1 saturated heterocycles. The maximum absolute atomic E-state index is 13.4. The second kappa shape index (κ2) is 13.7. The molecular formula is C35H41N5O3. The first kappa shape index (κ1) is 30.1. The molecular weight excluding hydrogens is 538 g/mol. The van der Waals surface area contributed by atoms with E-state index in [4.69, 9.17) is 9.72 Å². The SMILES string of the molecule is CC/C=C\C(=C(/C)OC)c1ccc(O)c(-c2nc3cccc(C(=O)Nc4ccc(CCN5CCN(C)CC5)cc4)c3[nH]2)c1. The molecule has 5 rings (SSSR count). The van der Waals surface area contributed by atoms with Crippen molar-refractivity contribution >= 4 is 28.2 Å². The van der Waals surface area contributed by atoms with Crippen molar-refractivity contribution in [3.8, 4) is 17.1 Å². The number of nitrogens with one attached hydrogen (secondary N) is 2. The van der Waals surface area contributed by atoms with Crippen LogP contribution in [0.1, 0.15) is 41.8 Å². The number of rotatable bonds is 10. The molecule has 43 heavy (non-hydrogen) atoms. The number of fused-ring (bicyclic) bond motifs is 1. The zero-order valence-corrected chi connectivity index (χ0v) is 25.5. The Labute approximate surface area is 253 Å². The number of allylic oxidation sites excluding steroid dienone is 4. The minimum atomic E-state index is -0.227. The van der Waals surface area contributed by atoms with Gasteiger partial charge in [-0.05, 0) is 74.3 Å². The highest BCUT2D eigenvalue weighted by Gasteiger charge is 2.18. The lowest BCUT2D eigenvalue weighted by molar-refractivity contribution is 0.102. The summed E-state index contributed by atoms with van der Waals surface area (Å²) in [7, 11) is 3.82. The molecule has 1 fully saturated rings. The molecule has 1 amide bonds. The molecule has 1 aromatic heterocycles. The van der Waals surface area contributed by atoms with Gasteiger partial charge in [0.2, 0.25) is 0 Å². The van der Waals surface area contributed by atoms with Crippen molar-refractivity contribution in [2.45, 2.75) is 26.7 Å². The zero-order valence-electron chi connectivity index (χ0n) is 25.5. The number of amides is 1. The van der Waals surface area contributed by atoms with Gasteiger partial charge in [0.1, 0.15) is 17.3 Å². The number of aromatic nitrogens is 2. The number of hydrogen-bond acceptors (Lipinski definition) is 6. The van der Waals surface area contributed by atoms with E-state index in [1.165, 1.54) is 5.56 Å². The van der Waals surface area contributed by atoms with E-state index in [1.54, 1.807) is 19.2 Å². The Morgan fingerprint density at radius 1 is 1.09 bits per heavy atom. The summed E-state index contributed by atoms with van der Waals surface area (Å²) in [6, 6.07) is 18.9. The van der Waals surface area contributed by atoms with Gasteiger partial charge in [0.25, 0.3) is 5.91 Å². The van der Waals surface area contributed by atoms with E-state index < -0.39 is 0 Å². The molecule has 0 unspecified atom stereocenters. The molecule has 0 radical (unpaired) electrons. The Morgan fingerprint density at radius 3 is 2.58 bits per heavy atom. The summed E-state index contributed by atoms with van der Waals surface area (Å²) in [6.07, 6.45) is 5.97. The number of aromatic hydroxyl groups is 1. The van der Waals surface area contributed by atoms with E-state index >= 15 is 0 Å². The number of anilines is 1. The van der Waals surface area contributed by atoms with Crippen molar-refractivity contribution in [1.82, 2.24) is 19.8 Å². The summed E-state index contributed by atoms with van der Waals surface area (Å²) < 4.78 is 5.52. The van der Waals surface area contributed by atoms with Crippen LogP contribution in [0.5, 0.6) is 5.75 Å². The third-order valence-electron chi connectivity index (χ3n) is 8.06. The molecule has 8 nitrogen and oxygen atoms in total. The molecule has 8 heteroatoms. The second-order valence-electron chi connectivity index (χ2n) is 11.0. The van der Waals surface area contributed by atoms with Gasteiger partial charge in [0.15, 0.2) is 0 Å². The highest BCUT2D eigenvalue weighted by molar-refractivity contribution is 6.11. The van der Waals surface area contributed by atoms with Gasteiger partial charge in [-0.25, -0.2) is 4.98 Å². The van der Waals surface area contributed by atoms with Crippen LogP contribution in [-0.4, -0.2) is 77.7 Å². The number of aromatic amines is 1. The van der Waals surface area contributed by atoms with Crippen molar-refractivity contribution in [2.24, 2.45) is 0 Å². The number of piperazine rings is 1.